The summed E-state index contributed by atoms with van der Waals surface area (Å²) in [5, 5.41) is 17.0. The Kier molecular flexibility index (Phi) is 4.83. The molecule has 154 valence electrons. The van der Waals surface area contributed by atoms with Crippen molar-refractivity contribution < 1.29 is 9.13 Å². The molecule has 0 fully saturated rings. The molecule has 1 aromatic carbocycles. The average molecular weight is 433 g/mol. The molecule has 0 bridgehead atoms. The third kappa shape index (κ3) is 3.61. The molecule has 0 unspecified atom stereocenters. The van der Waals surface area contributed by atoms with Gasteiger partial charge in [-0.3, -0.25) is 4.68 Å². The normalized spacial score (nSPS) is 13.6. The second-order valence-corrected chi connectivity index (χ2v) is 7.42. The first-order chi connectivity index (χ1) is 15.1. The Bertz CT molecular complexity index is 1370. The molecule has 10 heteroatoms. The van der Waals surface area contributed by atoms with Gasteiger partial charge in [0.1, 0.15) is 18.8 Å². The van der Waals surface area contributed by atoms with E-state index in [0.29, 0.717) is 34.9 Å². The molecule has 1 aliphatic rings. The molecular weight excluding hydrogens is 417 g/mol. The molecule has 0 N–H and O–H groups in total. The molecule has 1 aliphatic carbocycles. The van der Waals surface area contributed by atoms with Crippen LogP contribution in [0.15, 0.2) is 54.9 Å². The number of ether oxygens (including phenoxy) is 1. The highest BCUT2D eigenvalue weighted by Gasteiger charge is 2.19. The maximum absolute atomic E-state index is 14.4. The van der Waals surface area contributed by atoms with E-state index in [9.17, 15) is 4.39 Å². The Labute approximate surface area is 181 Å². The summed E-state index contributed by atoms with van der Waals surface area (Å²) < 4.78 is 23.5. The lowest BCUT2D eigenvalue weighted by molar-refractivity contribution is 0.273. The van der Waals surface area contributed by atoms with E-state index in [-0.39, 0.29) is 12.4 Å². The van der Waals surface area contributed by atoms with E-state index in [4.69, 9.17) is 17.0 Å². The number of aryl methyl sites for hydroxylation is 1. The number of fused-ring (bicyclic) bond motifs is 1. The largest absolute Gasteiger partial charge is 0.468 e. The molecule has 3 heterocycles. The van der Waals surface area contributed by atoms with Crippen LogP contribution in [0.25, 0.3) is 22.6 Å². The van der Waals surface area contributed by atoms with Crippen LogP contribution in [0.2, 0.25) is 0 Å². The second-order valence-electron chi connectivity index (χ2n) is 6.90. The predicted octanol–water partition coefficient (Wildman–Crippen LogP) is 3.35. The van der Waals surface area contributed by atoms with Gasteiger partial charge >= 0.3 is 0 Å². The Balaban J connectivity index is 1.64. The zero-order chi connectivity index (χ0) is 21.4. The van der Waals surface area contributed by atoms with Gasteiger partial charge in [-0.25, -0.2) is 9.37 Å². The standard InChI is InChI=1S/C21H16FN7OS/c1-28-19(23-12-24-28)11-30-21-16(13-5-4-6-14(31)9-13)10-18-25-26-20(29(18)27-21)15-7-2-3-8-17(15)22/h2-5,7-10,12H,6,11H2,1H3. The third-order valence-corrected chi connectivity index (χ3v) is 5.15. The van der Waals surface area contributed by atoms with Crippen molar-refractivity contribution in [3.05, 3.63) is 72.1 Å². The fourth-order valence-corrected chi connectivity index (χ4v) is 3.50. The lowest BCUT2D eigenvalue weighted by atomic mass is 10.0. The van der Waals surface area contributed by atoms with E-state index in [1.807, 2.05) is 18.2 Å². The van der Waals surface area contributed by atoms with E-state index in [1.54, 1.807) is 36.0 Å². The summed E-state index contributed by atoms with van der Waals surface area (Å²) in [5.41, 5.74) is 2.33. The number of rotatable bonds is 5. The maximum Gasteiger partial charge on any atom is 0.240 e. The van der Waals surface area contributed by atoms with E-state index >= 15 is 0 Å². The van der Waals surface area contributed by atoms with Crippen LogP contribution in [0, 0.1) is 5.82 Å². The van der Waals surface area contributed by atoms with Gasteiger partial charge in [-0.1, -0.05) is 36.5 Å². The fraction of sp³-hybridized carbons (Fsp3) is 0.143. The van der Waals surface area contributed by atoms with Crippen molar-refractivity contribution in [3.63, 3.8) is 0 Å². The minimum atomic E-state index is -0.410. The van der Waals surface area contributed by atoms with Gasteiger partial charge in [0.25, 0.3) is 0 Å². The number of hydrogen-bond donors (Lipinski definition) is 0. The van der Waals surface area contributed by atoms with Crippen molar-refractivity contribution in [2.24, 2.45) is 7.05 Å². The molecule has 5 rings (SSSR count). The number of thiocarbonyl (C=S) groups is 1. The van der Waals surface area contributed by atoms with Crippen LogP contribution in [-0.4, -0.2) is 39.4 Å². The molecule has 4 aromatic rings. The van der Waals surface area contributed by atoms with Crippen molar-refractivity contribution in [2.45, 2.75) is 13.0 Å². The van der Waals surface area contributed by atoms with Crippen molar-refractivity contribution in [3.8, 4) is 17.3 Å². The highest BCUT2D eigenvalue weighted by molar-refractivity contribution is 7.80. The van der Waals surface area contributed by atoms with E-state index in [0.717, 1.165) is 10.4 Å². The zero-order valence-corrected chi connectivity index (χ0v) is 17.3. The van der Waals surface area contributed by atoms with Crippen LogP contribution in [-0.2, 0) is 13.7 Å². The number of hydrogen-bond acceptors (Lipinski definition) is 7. The SMILES string of the molecule is Cn1ncnc1COc1nn2c(-c3ccccc3F)nnc2cc1C1=CC(=S)CC=C1. The quantitative estimate of drug-likeness (QED) is 0.446. The van der Waals surface area contributed by atoms with Crippen LogP contribution in [0.3, 0.4) is 0 Å². The number of aromatic nitrogens is 7. The van der Waals surface area contributed by atoms with E-state index in [1.165, 1.54) is 16.9 Å². The first-order valence-corrected chi connectivity index (χ1v) is 9.89. The van der Waals surface area contributed by atoms with Gasteiger partial charge in [0.15, 0.2) is 17.3 Å². The lowest BCUT2D eigenvalue weighted by Gasteiger charge is -2.14. The molecule has 0 spiro atoms. The van der Waals surface area contributed by atoms with Crippen LogP contribution in [0.4, 0.5) is 4.39 Å². The maximum atomic E-state index is 14.4. The van der Waals surface area contributed by atoms with Crippen molar-refractivity contribution in [1.82, 2.24) is 34.6 Å². The Hall–Kier alpha value is -3.79. The predicted molar refractivity (Wildman–Crippen MR) is 116 cm³/mol. The van der Waals surface area contributed by atoms with Gasteiger partial charge in [0.05, 0.1) is 5.56 Å². The van der Waals surface area contributed by atoms with Crippen molar-refractivity contribution in [1.29, 1.82) is 0 Å². The van der Waals surface area contributed by atoms with E-state index in [2.05, 4.69) is 25.4 Å². The summed E-state index contributed by atoms with van der Waals surface area (Å²) in [6, 6.07) is 8.16. The summed E-state index contributed by atoms with van der Waals surface area (Å²) in [4.78, 5) is 4.99. The monoisotopic (exact) mass is 433 g/mol. The smallest absolute Gasteiger partial charge is 0.240 e. The molecule has 0 aliphatic heterocycles. The van der Waals surface area contributed by atoms with Crippen LogP contribution < -0.4 is 4.74 Å². The van der Waals surface area contributed by atoms with Gasteiger partial charge in [0, 0.05) is 23.9 Å². The molecule has 0 radical (unpaired) electrons. The average Bonchev–Trinajstić information content (AvgIpc) is 3.37. The Morgan fingerprint density at radius 3 is 2.84 bits per heavy atom. The highest BCUT2D eigenvalue weighted by atomic mass is 32.1. The molecule has 3 aromatic heterocycles. The van der Waals surface area contributed by atoms with Crippen LogP contribution >= 0.6 is 12.2 Å². The molecule has 0 amide bonds. The van der Waals surface area contributed by atoms with Gasteiger partial charge in [-0.05, 0) is 29.8 Å². The van der Waals surface area contributed by atoms with Gasteiger partial charge < -0.3 is 4.74 Å². The second kappa shape index (κ2) is 7.80. The van der Waals surface area contributed by atoms with Crippen molar-refractivity contribution >= 4 is 28.3 Å². The van der Waals surface area contributed by atoms with Gasteiger partial charge in [0.2, 0.25) is 5.88 Å². The highest BCUT2D eigenvalue weighted by Crippen LogP contribution is 2.30. The first-order valence-electron chi connectivity index (χ1n) is 9.48. The lowest BCUT2D eigenvalue weighted by Crippen LogP contribution is -2.09. The van der Waals surface area contributed by atoms with Crippen molar-refractivity contribution in [2.75, 3.05) is 0 Å². The summed E-state index contributed by atoms with van der Waals surface area (Å²) in [6.45, 7) is 0.153. The molecule has 31 heavy (non-hydrogen) atoms. The Morgan fingerprint density at radius 2 is 2.06 bits per heavy atom. The Morgan fingerprint density at radius 1 is 1.19 bits per heavy atom. The number of halogens is 1. The topological polar surface area (TPSA) is 83.0 Å². The van der Waals surface area contributed by atoms with E-state index < -0.39 is 5.82 Å². The molecule has 8 nitrogen and oxygen atoms in total. The summed E-state index contributed by atoms with van der Waals surface area (Å²) in [7, 11) is 1.78. The number of benzene rings is 1. The number of allylic oxidation sites excluding steroid dienone is 4. The minimum absolute atomic E-state index is 0.153. The third-order valence-electron chi connectivity index (χ3n) is 4.86. The molecular formula is C21H16FN7OS. The summed E-state index contributed by atoms with van der Waals surface area (Å²) in [6.07, 6.45) is 8.03. The summed E-state index contributed by atoms with van der Waals surface area (Å²) >= 11 is 5.37. The minimum Gasteiger partial charge on any atom is -0.468 e. The molecule has 0 atom stereocenters. The first kappa shape index (κ1) is 19.2. The van der Waals surface area contributed by atoms with Gasteiger partial charge in [-0.2, -0.15) is 9.61 Å². The summed E-state index contributed by atoms with van der Waals surface area (Å²) in [5.74, 6) is 0.836. The van der Waals surface area contributed by atoms with Crippen LogP contribution in [0.1, 0.15) is 17.8 Å². The van der Waals surface area contributed by atoms with Crippen LogP contribution in [0.5, 0.6) is 5.88 Å². The molecule has 0 saturated carbocycles. The zero-order valence-electron chi connectivity index (χ0n) is 16.4. The van der Waals surface area contributed by atoms with Gasteiger partial charge in [-0.15, -0.1) is 15.3 Å². The molecule has 0 saturated heterocycles. The fourth-order valence-electron chi connectivity index (χ4n) is 3.27. The number of nitrogens with zero attached hydrogens (tertiary/aromatic N) is 7.